The van der Waals surface area contributed by atoms with Crippen LogP contribution in [-0.2, 0) is 17.6 Å². The summed E-state index contributed by atoms with van der Waals surface area (Å²) in [5.41, 5.74) is 1.79. The second-order valence-corrected chi connectivity index (χ2v) is 6.91. The van der Waals surface area contributed by atoms with E-state index in [9.17, 15) is 4.79 Å². The SMILES string of the molecule is O=C(Cl)C(Cc1ccc(Cl)c(Cl)c1)Cc1ccc(Cl)c(Cl)c1. The fourth-order valence-electron chi connectivity index (χ4n) is 2.13. The lowest BCUT2D eigenvalue weighted by atomic mass is 9.93. The van der Waals surface area contributed by atoms with Crippen LogP contribution in [0, 0.1) is 5.92 Å². The Labute approximate surface area is 154 Å². The van der Waals surface area contributed by atoms with E-state index in [0.717, 1.165) is 11.1 Å². The van der Waals surface area contributed by atoms with Crippen LogP contribution in [0.25, 0.3) is 0 Å². The maximum Gasteiger partial charge on any atom is 0.225 e. The largest absolute Gasteiger partial charge is 0.281 e. The summed E-state index contributed by atoms with van der Waals surface area (Å²) in [7, 11) is 0. The highest BCUT2D eigenvalue weighted by Crippen LogP contribution is 2.27. The molecular weight excluding hydrogens is 385 g/mol. The first-order valence-electron chi connectivity index (χ1n) is 6.44. The molecule has 22 heavy (non-hydrogen) atoms. The molecule has 0 spiro atoms. The minimum atomic E-state index is -0.405. The lowest BCUT2D eigenvalue weighted by molar-refractivity contribution is -0.115. The van der Waals surface area contributed by atoms with E-state index < -0.39 is 5.24 Å². The second kappa shape index (κ2) is 7.90. The van der Waals surface area contributed by atoms with Gasteiger partial charge in [0.25, 0.3) is 0 Å². The minimum absolute atomic E-state index is 0.379. The monoisotopic (exact) mass is 394 g/mol. The zero-order chi connectivity index (χ0) is 16.3. The summed E-state index contributed by atoms with van der Waals surface area (Å²) in [5.74, 6) is -0.379. The van der Waals surface area contributed by atoms with Crippen LogP contribution in [0.5, 0.6) is 0 Å². The van der Waals surface area contributed by atoms with Crippen molar-refractivity contribution in [2.45, 2.75) is 12.8 Å². The standard InChI is InChI=1S/C16H11Cl5O/c17-12-3-1-9(7-14(12)19)5-11(16(21)22)6-10-2-4-13(18)15(20)8-10/h1-4,7-8,11H,5-6H2. The Morgan fingerprint density at radius 2 is 1.18 bits per heavy atom. The molecule has 0 unspecified atom stereocenters. The molecule has 0 radical (unpaired) electrons. The van der Waals surface area contributed by atoms with Crippen molar-refractivity contribution in [3.8, 4) is 0 Å². The minimum Gasteiger partial charge on any atom is -0.281 e. The van der Waals surface area contributed by atoms with Crippen molar-refractivity contribution >= 4 is 63.2 Å². The van der Waals surface area contributed by atoms with Gasteiger partial charge in [0.2, 0.25) is 5.24 Å². The Morgan fingerprint density at radius 3 is 1.50 bits per heavy atom. The van der Waals surface area contributed by atoms with Crippen LogP contribution < -0.4 is 0 Å². The number of carbonyl (C=O) groups excluding carboxylic acids is 1. The van der Waals surface area contributed by atoms with E-state index >= 15 is 0 Å². The van der Waals surface area contributed by atoms with Gasteiger partial charge < -0.3 is 0 Å². The number of halogens is 5. The van der Waals surface area contributed by atoms with Crippen LogP contribution in [0.15, 0.2) is 36.4 Å². The van der Waals surface area contributed by atoms with Gasteiger partial charge in [-0.1, -0.05) is 58.5 Å². The molecule has 2 rings (SSSR count). The normalized spacial score (nSPS) is 11.0. The first kappa shape index (κ1) is 17.9. The predicted octanol–water partition coefficient (Wildman–Crippen LogP) is 6.47. The summed E-state index contributed by atoms with van der Waals surface area (Å²) in [6.45, 7) is 0. The van der Waals surface area contributed by atoms with Crippen molar-refractivity contribution in [2.24, 2.45) is 5.92 Å². The number of hydrogen-bond donors (Lipinski definition) is 0. The second-order valence-electron chi connectivity index (χ2n) is 4.91. The highest BCUT2D eigenvalue weighted by atomic mass is 35.5. The van der Waals surface area contributed by atoms with Crippen molar-refractivity contribution in [3.05, 3.63) is 67.6 Å². The molecule has 0 fully saturated rings. The van der Waals surface area contributed by atoms with Gasteiger partial charge in [-0.2, -0.15) is 0 Å². The van der Waals surface area contributed by atoms with Gasteiger partial charge >= 0.3 is 0 Å². The van der Waals surface area contributed by atoms with Crippen molar-refractivity contribution in [1.29, 1.82) is 0 Å². The quantitative estimate of drug-likeness (QED) is 0.530. The molecule has 0 amide bonds. The van der Waals surface area contributed by atoms with Gasteiger partial charge in [-0.25, -0.2) is 0 Å². The molecule has 0 atom stereocenters. The van der Waals surface area contributed by atoms with Crippen molar-refractivity contribution in [3.63, 3.8) is 0 Å². The molecule has 0 aromatic heterocycles. The van der Waals surface area contributed by atoms with Crippen LogP contribution in [0.2, 0.25) is 20.1 Å². The molecule has 116 valence electrons. The zero-order valence-corrected chi connectivity index (χ0v) is 15.0. The molecule has 1 nitrogen and oxygen atoms in total. The van der Waals surface area contributed by atoms with Gasteiger partial charge in [-0.15, -0.1) is 0 Å². The van der Waals surface area contributed by atoms with E-state index in [1.165, 1.54) is 0 Å². The van der Waals surface area contributed by atoms with E-state index in [4.69, 9.17) is 58.0 Å². The molecule has 2 aromatic carbocycles. The fraction of sp³-hybridized carbons (Fsp3) is 0.188. The van der Waals surface area contributed by atoms with E-state index in [2.05, 4.69) is 0 Å². The van der Waals surface area contributed by atoms with Crippen LogP contribution >= 0.6 is 58.0 Å². The molecule has 2 aromatic rings. The van der Waals surface area contributed by atoms with Gasteiger partial charge in [0.15, 0.2) is 0 Å². The third-order valence-electron chi connectivity index (χ3n) is 3.25. The average Bonchev–Trinajstić information content (AvgIpc) is 2.46. The van der Waals surface area contributed by atoms with Crippen LogP contribution in [0.3, 0.4) is 0 Å². The third kappa shape index (κ3) is 4.78. The lowest BCUT2D eigenvalue weighted by Crippen LogP contribution is -2.15. The summed E-state index contributed by atoms with van der Waals surface area (Å²) in [6, 6.07) is 10.5. The molecule has 0 heterocycles. The van der Waals surface area contributed by atoms with E-state index in [0.29, 0.717) is 32.9 Å². The number of rotatable bonds is 5. The summed E-state index contributed by atoms with van der Waals surface area (Å²) in [5, 5.41) is 1.45. The number of benzene rings is 2. The number of hydrogen-bond acceptors (Lipinski definition) is 1. The molecule has 0 N–H and O–H groups in total. The van der Waals surface area contributed by atoms with E-state index in [-0.39, 0.29) is 5.92 Å². The van der Waals surface area contributed by atoms with Gasteiger partial charge in [0, 0.05) is 5.92 Å². The molecule has 0 saturated carbocycles. The first-order chi connectivity index (χ1) is 10.4. The van der Waals surface area contributed by atoms with Crippen molar-refractivity contribution in [1.82, 2.24) is 0 Å². The average molecular weight is 397 g/mol. The maximum atomic E-state index is 11.7. The highest BCUT2D eigenvalue weighted by Gasteiger charge is 2.18. The molecule has 0 bridgehead atoms. The summed E-state index contributed by atoms with van der Waals surface area (Å²) in [4.78, 5) is 11.7. The fourth-order valence-corrected chi connectivity index (χ4v) is 2.93. The first-order valence-corrected chi connectivity index (χ1v) is 8.33. The van der Waals surface area contributed by atoms with E-state index in [1.807, 2.05) is 12.1 Å². The van der Waals surface area contributed by atoms with Crippen LogP contribution in [-0.4, -0.2) is 5.24 Å². The van der Waals surface area contributed by atoms with Gasteiger partial charge in [0.1, 0.15) is 0 Å². The van der Waals surface area contributed by atoms with Gasteiger partial charge in [-0.05, 0) is 59.8 Å². The molecule has 0 aliphatic rings. The Hall–Kier alpha value is -0.440. The molecule has 0 aliphatic carbocycles. The Balaban J connectivity index is 2.17. The Kier molecular flexibility index (Phi) is 6.43. The van der Waals surface area contributed by atoms with Crippen LogP contribution in [0.4, 0.5) is 0 Å². The van der Waals surface area contributed by atoms with Crippen molar-refractivity contribution < 1.29 is 4.79 Å². The Morgan fingerprint density at radius 1 is 0.773 bits per heavy atom. The maximum absolute atomic E-state index is 11.7. The summed E-state index contributed by atoms with van der Waals surface area (Å²) < 4.78 is 0. The Bertz CT molecular complexity index is 645. The smallest absolute Gasteiger partial charge is 0.225 e. The van der Waals surface area contributed by atoms with Gasteiger partial charge in [0.05, 0.1) is 20.1 Å². The lowest BCUT2D eigenvalue weighted by Gasteiger charge is -2.14. The zero-order valence-electron chi connectivity index (χ0n) is 11.3. The third-order valence-corrected chi connectivity index (χ3v) is 5.04. The summed E-state index contributed by atoms with van der Waals surface area (Å²) >= 11 is 29.5. The van der Waals surface area contributed by atoms with E-state index in [1.54, 1.807) is 24.3 Å². The molecule has 0 aliphatic heterocycles. The molecule has 0 saturated heterocycles. The molecular formula is C16H11Cl5O. The van der Waals surface area contributed by atoms with Crippen molar-refractivity contribution in [2.75, 3.05) is 0 Å². The van der Waals surface area contributed by atoms with Gasteiger partial charge in [-0.3, -0.25) is 4.79 Å². The topological polar surface area (TPSA) is 17.1 Å². The predicted molar refractivity (Wildman–Crippen MR) is 94.7 cm³/mol. The molecule has 6 heteroatoms. The highest BCUT2D eigenvalue weighted by molar-refractivity contribution is 6.64. The van der Waals surface area contributed by atoms with Crippen LogP contribution in [0.1, 0.15) is 11.1 Å². The summed E-state index contributed by atoms with van der Waals surface area (Å²) in [6.07, 6.45) is 0.943. The number of carbonyl (C=O) groups is 1.